The lowest BCUT2D eigenvalue weighted by Gasteiger charge is -2.13. The summed E-state index contributed by atoms with van der Waals surface area (Å²) >= 11 is 0. The van der Waals surface area contributed by atoms with E-state index in [2.05, 4.69) is 33.1 Å². The molecule has 190 valence electrons. The van der Waals surface area contributed by atoms with Crippen molar-refractivity contribution >= 4 is 33.7 Å². The Kier molecular flexibility index (Phi) is 6.35. The van der Waals surface area contributed by atoms with Crippen molar-refractivity contribution in [2.24, 2.45) is 0 Å². The number of carboxylic acid groups (broad SMARTS) is 1. The molecule has 0 bridgehead atoms. The number of carbonyl (C=O) groups excluding carboxylic acids is 1. The van der Waals surface area contributed by atoms with Crippen LogP contribution in [-0.2, 0) is 13.1 Å². The Labute approximate surface area is 225 Å². The van der Waals surface area contributed by atoms with E-state index in [1.165, 1.54) is 0 Å². The van der Waals surface area contributed by atoms with Crippen molar-refractivity contribution in [2.45, 2.75) is 13.1 Å². The number of nitrogens with zero attached hydrogens (tertiary/aromatic N) is 2. The van der Waals surface area contributed by atoms with E-state index in [1.54, 1.807) is 30.5 Å². The molecule has 0 aliphatic rings. The predicted molar refractivity (Wildman–Crippen MR) is 153 cm³/mol. The van der Waals surface area contributed by atoms with Gasteiger partial charge in [0.2, 0.25) is 0 Å². The van der Waals surface area contributed by atoms with Gasteiger partial charge in [0.05, 0.1) is 22.2 Å². The summed E-state index contributed by atoms with van der Waals surface area (Å²) in [4.78, 5) is 29.2. The number of benzene rings is 4. The van der Waals surface area contributed by atoms with Crippen LogP contribution in [0.2, 0.25) is 0 Å². The van der Waals surface area contributed by atoms with Crippen molar-refractivity contribution in [1.82, 2.24) is 14.9 Å². The first-order chi connectivity index (χ1) is 19.0. The van der Waals surface area contributed by atoms with Crippen molar-refractivity contribution in [3.63, 3.8) is 0 Å². The zero-order valence-electron chi connectivity index (χ0n) is 21.0. The third-order valence-corrected chi connectivity index (χ3v) is 6.89. The van der Waals surface area contributed by atoms with E-state index in [0.717, 1.165) is 44.1 Å². The smallest absolute Gasteiger partial charge is 0.335 e. The van der Waals surface area contributed by atoms with Crippen molar-refractivity contribution in [1.29, 1.82) is 0 Å². The van der Waals surface area contributed by atoms with Gasteiger partial charge in [-0.05, 0) is 70.8 Å². The Morgan fingerprint density at radius 1 is 0.769 bits per heavy atom. The summed E-state index contributed by atoms with van der Waals surface area (Å²) < 4.78 is 2.11. The van der Waals surface area contributed by atoms with Crippen LogP contribution in [0, 0.1) is 0 Å². The fourth-order valence-corrected chi connectivity index (χ4v) is 4.91. The van der Waals surface area contributed by atoms with E-state index in [9.17, 15) is 9.59 Å². The number of amides is 1. The summed E-state index contributed by atoms with van der Waals surface area (Å²) in [6.07, 6.45) is 3.81. The van der Waals surface area contributed by atoms with E-state index in [1.807, 2.05) is 66.9 Å². The number of pyridine rings is 1. The predicted octanol–water partition coefficient (Wildman–Crippen LogP) is 6.53. The Morgan fingerprint density at radius 3 is 2.36 bits per heavy atom. The van der Waals surface area contributed by atoms with Gasteiger partial charge >= 0.3 is 5.97 Å². The van der Waals surface area contributed by atoms with Crippen molar-refractivity contribution in [2.75, 3.05) is 0 Å². The first-order valence-electron chi connectivity index (χ1n) is 12.7. The minimum absolute atomic E-state index is 0.192. The molecule has 0 saturated heterocycles. The van der Waals surface area contributed by atoms with Crippen LogP contribution in [0.15, 0.2) is 116 Å². The molecule has 0 spiro atoms. The third-order valence-electron chi connectivity index (χ3n) is 6.89. The normalized spacial score (nSPS) is 11.1. The Hall–Kier alpha value is -5.23. The number of rotatable bonds is 7. The van der Waals surface area contributed by atoms with Crippen LogP contribution >= 0.6 is 0 Å². The summed E-state index contributed by atoms with van der Waals surface area (Å²) in [5.74, 6) is -1.17. The molecule has 0 aliphatic carbocycles. The van der Waals surface area contributed by atoms with Gasteiger partial charge in [-0.15, -0.1) is 0 Å². The highest BCUT2D eigenvalue weighted by Gasteiger charge is 2.17. The summed E-state index contributed by atoms with van der Waals surface area (Å²) in [5, 5.41) is 14.2. The maximum atomic E-state index is 13.6. The molecular formula is C33H25N3O3. The highest BCUT2D eigenvalue weighted by Crippen LogP contribution is 2.30. The lowest BCUT2D eigenvalue weighted by atomic mass is 9.99. The summed E-state index contributed by atoms with van der Waals surface area (Å²) in [5.41, 5.74) is 6.54. The molecule has 0 aliphatic heterocycles. The van der Waals surface area contributed by atoms with Gasteiger partial charge in [0.15, 0.2) is 0 Å². The minimum Gasteiger partial charge on any atom is -0.478 e. The number of carboxylic acids is 1. The van der Waals surface area contributed by atoms with Gasteiger partial charge in [-0.2, -0.15) is 0 Å². The molecule has 0 atom stereocenters. The zero-order chi connectivity index (χ0) is 26.8. The van der Waals surface area contributed by atoms with Gasteiger partial charge in [-0.3, -0.25) is 9.78 Å². The third kappa shape index (κ3) is 5.00. The van der Waals surface area contributed by atoms with E-state index in [-0.39, 0.29) is 18.0 Å². The van der Waals surface area contributed by atoms with Gasteiger partial charge in [0.1, 0.15) is 0 Å². The summed E-state index contributed by atoms with van der Waals surface area (Å²) in [6.45, 7) is 0.893. The number of aromatic nitrogens is 2. The summed E-state index contributed by atoms with van der Waals surface area (Å²) in [7, 11) is 0. The molecule has 6 aromatic rings. The quantitative estimate of drug-likeness (QED) is 0.255. The van der Waals surface area contributed by atoms with Crippen LogP contribution in [0.1, 0.15) is 31.8 Å². The maximum Gasteiger partial charge on any atom is 0.335 e. The number of hydrogen-bond acceptors (Lipinski definition) is 3. The molecule has 6 rings (SSSR count). The average molecular weight is 512 g/mol. The fraction of sp³-hybridized carbons (Fsp3) is 0.0606. The first-order valence-corrected chi connectivity index (χ1v) is 12.7. The summed E-state index contributed by atoms with van der Waals surface area (Å²) in [6, 6.07) is 32.9. The van der Waals surface area contributed by atoms with Crippen LogP contribution in [0.5, 0.6) is 0 Å². The molecule has 2 heterocycles. The largest absolute Gasteiger partial charge is 0.478 e. The van der Waals surface area contributed by atoms with Gasteiger partial charge in [-0.1, -0.05) is 54.6 Å². The number of fused-ring (bicyclic) bond motifs is 2. The number of aromatic carboxylic acids is 1. The molecule has 1 amide bonds. The number of nitrogens with one attached hydrogen (secondary N) is 1. The SMILES string of the molecule is O=C(O)c1ccc(CNC(=O)c2cc(-c3ccccc3)cc3ccn(Cc4ccc5ncccc5c4)c23)cc1. The molecule has 0 radical (unpaired) electrons. The lowest BCUT2D eigenvalue weighted by molar-refractivity contribution is 0.0696. The number of carbonyl (C=O) groups is 2. The van der Waals surface area contributed by atoms with E-state index in [0.29, 0.717) is 12.1 Å². The van der Waals surface area contributed by atoms with E-state index < -0.39 is 5.97 Å². The van der Waals surface area contributed by atoms with Crippen molar-refractivity contribution < 1.29 is 14.7 Å². The van der Waals surface area contributed by atoms with Crippen molar-refractivity contribution in [3.8, 4) is 11.1 Å². The Bertz CT molecular complexity index is 1820. The molecule has 4 aromatic carbocycles. The maximum absolute atomic E-state index is 13.6. The molecule has 6 nitrogen and oxygen atoms in total. The molecule has 6 heteroatoms. The highest BCUT2D eigenvalue weighted by molar-refractivity contribution is 6.08. The molecule has 0 unspecified atom stereocenters. The minimum atomic E-state index is -0.978. The van der Waals surface area contributed by atoms with Gasteiger partial charge in [-0.25, -0.2) is 4.79 Å². The lowest BCUT2D eigenvalue weighted by Crippen LogP contribution is -2.23. The van der Waals surface area contributed by atoms with Crippen molar-refractivity contribution in [3.05, 3.63) is 138 Å². The fourth-order valence-electron chi connectivity index (χ4n) is 4.91. The molecule has 0 saturated carbocycles. The highest BCUT2D eigenvalue weighted by atomic mass is 16.4. The van der Waals surface area contributed by atoms with Crippen LogP contribution in [0.25, 0.3) is 32.9 Å². The van der Waals surface area contributed by atoms with Gasteiger partial charge in [0, 0.05) is 36.3 Å². The van der Waals surface area contributed by atoms with Crippen LogP contribution in [0.4, 0.5) is 0 Å². The van der Waals surface area contributed by atoms with E-state index >= 15 is 0 Å². The molecular weight excluding hydrogens is 486 g/mol. The second-order valence-electron chi connectivity index (χ2n) is 9.49. The second-order valence-corrected chi connectivity index (χ2v) is 9.49. The second kappa shape index (κ2) is 10.3. The van der Waals surface area contributed by atoms with Gasteiger partial charge < -0.3 is 15.0 Å². The zero-order valence-corrected chi connectivity index (χ0v) is 21.0. The molecule has 2 aromatic heterocycles. The standard InChI is InChI=1S/C33H25N3O3/c37-32(35-20-22-8-11-25(12-9-22)33(38)39)29-19-28(24-5-2-1-3-6-24)18-27-14-16-36(31(27)29)21-23-10-13-30-26(17-23)7-4-15-34-30/h1-19H,20-21H2,(H,35,37)(H,38,39). The first kappa shape index (κ1) is 24.1. The van der Waals surface area contributed by atoms with Crippen LogP contribution in [-0.4, -0.2) is 26.5 Å². The Balaban J connectivity index is 1.36. The van der Waals surface area contributed by atoms with Crippen LogP contribution < -0.4 is 5.32 Å². The van der Waals surface area contributed by atoms with Crippen LogP contribution in [0.3, 0.4) is 0 Å². The monoisotopic (exact) mass is 511 g/mol. The Morgan fingerprint density at radius 2 is 1.56 bits per heavy atom. The molecule has 2 N–H and O–H groups in total. The molecule has 39 heavy (non-hydrogen) atoms. The average Bonchev–Trinajstić information content (AvgIpc) is 3.38. The molecule has 0 fully saturated rings. The van der Waals surface area contributed by atoms with E-state index in [4.69, 9.17) is 5.11 Å². The topological polar surface area (TPSA) is 84.2 Å². The number of hydrogen-bond donors (Lipinski definition) is 2. The van der Waals surface area contributed by atoms with Gasteiger partial charge in [0.25, 0.3) is 5.91 Å².